The van der Waals surface area contributed by atoms with E-state index in [4.69, 9.17) is 0 Å². The first-order chi connectivity index (χ1) is 21.0. The van der Waals surface area contributed by atoms with Gasteiger partial charge in [-0.05, 0) is 78.7 Å². The molecule has 0 fully saturated rings. The summed E-state index contributed by atoms with van der Waals surface area (Å²) in [5.74, 6) is 0.954. The molecule has 0 heterocycles. The van der Waals surface area contributed by atoms with Gasteiger partial charge in [0.05, 0.1) is 0 Å². The van der Waals surface area contributed by atoms with E-state index in [0.717, 1.165) is 81.7 Å². The van der Waals surface area contributed by atoms with Crippen LogP contribution in [-0.2, 0) is 19.6 Å². The van der Waals surface area contributed by atoms with Crippen LogP contribution in [0.2, 0.25) is 0 Å². The molecule has 0 atom stereocenters. The lowest BCUT2D eigenvalue weighted by Crippen LogP contribution is -2.36. The molecule has 0 aliphatic rings. The van der Waals surface area contributed by atoms with Gasteiger partial charge < -0.3 is 20.1 Å². The Labute approximate surface area is 265 Å². The highest BCUT2D eigenvalue weighted by molar-refractivity contribution is 7.80. The summed E-state index contributed by atoms with van der Waals surface area (Å²) < 4.78 is 0. The number of nitrogens with zero attached hydrogens (tertiary/aromatic N) is 2. The summed E-state index contributed by atoms with van der Waals surface area (Å²) in [4.78, 5) is 4.87. The van der Waals surface area contributed by atoms with Crippen LogP contribution in [0.5, 0.6) is 0 Å². The maximum Gasteiger partial charge on any atom is 0.488 e. The Morgan fingerprint density at radius 1 is 0.465 bits per heavy atom. The predicted octanol–water partition coefficient (Wildman–Crippen LogP) is 3.99. The van der Waals surface area contributed by atoms with Gasteiger partial charge in [0.2, 0.25) is 0 Å². The van der Waals surface area contributed by atoms with E-state index in [0.29, 0.717) is 17.5 Å². The van der Waals surface area contributed by atoms with Gasteiger partial charge in [-0.15, -0.1) is 0 Å². The van der Waals surface area contributed by atoms with Crippen molar-refractivity contribution in [3.63, 3.8) is 0 Å². The van der Waals surface area contributed by atoms with E-state index >= 15 is 0 Å². The average Bonchev–Trinajstić information content (AvgIpc) is 3.01. The maximum atomic E-state index is 9.87. The lowest BCUT2D eigenvalue weighted by Gasteiger charge is -2.25. The van der Waals surface area contributed by atoms with Crippen molar-refractivity contribution in [2.75, 3.05) is 25.4 Å². The van der Waals surface area contributed by atoms with Crippen molar-refractivity contribution in [2.24, 2.45) is 0 Å². The van der Waals surface area contributed by atoms with Gasteiger partial charge in [-0.3, -0.25) is 9.80 Å². The number of hydrogen-bond donors (Lipinski definition) is 5. The Morgan fingerprint density at radius 2 is 0.884 bits per heavy atom. The third kappa shape index (κ3) is 13.6. The van der Waals surface area contributed by atoms with Crippen LogP contribution >= 0.6 is 12.6 Å². The first kappa shape index (κ1) is 35.4. The Balaban J connectivity index is 1.51. The molecule has 232 valence electrons. The zero-order valence-corrected chi connectivity index (χ0v) is 26.5. The highest BCUT2D eigenvalue weighted by Crippen LogP contribution is 2.14. The minimum atomic E-state index is -1.47. The second-order valence-corrected chi connectivity index (χ2v) is 12.0. The number of hydrogen-bond acceptors (Lipinski definition) is 7. The van der Waals surface area contributed by atoms with Gasteiger partial charge in [0.1, 0.15) is 0 Å². The van der Waals surface area contributed by atoms with Crippen LogP contribution in [0.15, 0.2) is 78.9 Å². The van der Waals surface area contributed by atoms with E-state index < -0.39 is 14.2 Å². The van der Waals surface area contributed by atoms with Gasteiger partial charge in [0, 0.05) is 19.6 Å². The van der Waals surface area contributed by atoms with Gasteiger partial charge in [0.15, 0.2) is 0 Å². The van der Waals surface area contributed by atoms with E-state index in [2.05, 4.69) is 46.7 Å². The Bertz CT molecular complexity index is 1160. The molecule has 0 spiro atoms. The fourth-order valence-electron chi connectivity index (χ4n) is 5.67. The van der Waals surface area contributed by atoms with Crippen molar-refractivity contribution in [1.29, 1.82) is 0 Å². The monoisotopic (exact) mass is 604 g/mol. The second kappa shape index (κ2) is 20.8. The van der Waals surface area contributed by atoms with Crippen molar-refractivity contribution >= 4 is 37.8 Å². The van der Waals surface area contributed by atoms with Crippen molar-refractivity contribution in [3.8, 4) is 0 Å². The fraction of sp³-hybridized carbons (Fsp3) is 0.471. The van der Waals surface area contributed by atoms with Crippen LogP contribution in [-0.4, -0.2) is 69.5 Å². The SMILES string of the molecule is OB(O)c1ccccc1CN(CCCCCCCS)CCCCCCN(Cc1ccccc1)Cc1ccccc1B(O)O. The van der Waals surface area contributed by atoms with Crippen LogP contribution in [0.1, 0.15) is 74.5 Å². The highest BCUT2D eigenvalue weighted by Gasteiger charge is 2.18. The number of unbranched alkanes of at least 4 members (excludes halogenated alkanes) is 7. The van der Waals surface area contributed by atoms with E-state index in [-0.39, 0.29) is 0 Å². The highest BCUT2D eigenvalue weighted by atomic mass is 32.1. The smallest absolute Gasteiger partial charge is 0.423 e. The van der Waals surface area contributed by atoms with Gasteiger partial charge in [-0.2, -0.15) is 12.6 Å². The van der Waals surface area contributed by atoms with Crippen molar-refractivity contribution < 1.29 is 20.1 Å². The molecule has 0 amide bonds. The summed E-state index contributed by atoms with van der Waals surface area (Å²) in [6, 6.07) is 25.6. The lowest BCUT2D eigenvalue weighted by molar-refractivity contribution is 0.241. The molecule has 9 heteroatoms. The molecule has 43 heavy (non-hydrogen) atoms. The molecule has 0 saturated heterocycles. The third-order valence-electron chi connectivity index (χ3n) is 8.03. The van der Waals surface area contributed by atoms with Crippen LogP contribution < -0.4 is 10.9 Å². The third-order valence-corrected chi connectivity index (χ3v) is 8.35. The zero-order valence-electron chi connectivity index (χ0n) is 25.6. The minimum Gasteiger partial charge on any atom is -0.423 e. The maximum absolute atomic E-state index is 9.87. The average molecular weight is 604 g/mol. The molecule has 0 aromatic heterocycles. The Hall–Kier alpha value is -2.10. The molecule has 0 saturated carbocycles. The van der Waals surface area contributed by atoms with Crippen molar-refractivity contribution in [2.45, 2.75) is 77.4 Å². The molecular weight excluding hydrogens is 554 g/mol. The van der Waals surface area contributed by atoms with E-state index in [1.807, 2.05) is 42.5 Å². The molecule has 0 radical (unpaired) electrons. The summed E-state index contributed by atoms with van der Waals surface area (Å²) in [5, 5.41) is 39.5. The molecule has 3 rings (SSSR count). The van der Waals surface area contributed by atoms with Crippen LogP contribution in [0, 0.1) is 0 Å². The summed E-state index contributed by atoms with van der Waals surface area (Å²) in [6.45, 7) is 5.14. The first-order valence-corrected chi connectivity index (χ1v) is 16.6. The zero-order chi connectivity index (χ0) is 30.7. The van der Waals surface area contributed by atoms with Gasteiger partial charge >= 0.3 is 14.2 Å². The standard InChI is InChI=1S/C34H50B2N2O4S/c39-35(40)33-21-11-9-19-31(33)28-37(23-13-2-1-5-16-26-43)24-14-3-4-15-25-38(27-30-17-7-6-8-18-30)29-32-20-10-12-22-34(32)36(41)42/h6-12,17-22,39-43H,1-5,13-16,23-29H2. The summed E-state index contributed by atoms with van der Waals surface area (Å²) >= 11 is 4.32. The molecule has 0 unspecified atom stereocenters. The normalized spacial score (nSPS) is 11.4. The van der Waals surface area contributed by atoms with Gasteiger partial charge in [-0.25, -0.2) is 0 Å². The molecule has 0 aliphatic heterocycles. The van der Waals surface area contributed by atoms with Crippen LogP contribution in [0.25, 0.3) is 0 Å². The topological polar surface area (TPSA) is 87.4 Å². The molecule has 3 aromatic rings. The second-order valence-electron chi connectivity index (χ2n) is 11.5. The largest absolute Gasteiger partial charge is 0.488 e. The predicted molar refractivity (Wildman–Crippen MR) is 184 cm³/mol. The van der Waals surface area contributed by atoms with E-state index in [9.17, 15) is 20.1 Å². The lowest BCUT2D eigenvalue weighted by atomic mass is 9.77. The quantitative estimate of drug-likeness (QED) is 0.0678. The van der Waals surface area contributed by atoms with Gasteiger partial charge in [-0.1, -0.05) is 111 Å². The minimum absolute atomic E-state index is 0.567. The Morgan fingerprint density at radius 3 is 1.40 bits per heavy atom. The summed E-state index contributed by atoms with van der Waals surface area (Å²) in [6.07, 6.45) is 10.4. The van der Waals surface area contributed by atoms with Gasteiger partial charge in [0.25, 0.3) is 0 Å². The van der Waals surface area contributed by atoms with Crippen molar-refractivity contribution in [1.82, 2.24) is 9.80 Å². The number of benzene rings is 3. The molecule has 3 aromatic carbocycles. The van der Waals surface area contributed by atoms with Crippen molar-refractivity contribution in [3.05, 3.63) is 95.6 Å². The summed E-state index contributed by atoms with van der Waals surface area (Å²) in [7, 11) is -2.93. The molecule has 0 aliphatic carbocycles. The molecule has 0 bridgehead atoms. The van der Waals surface area contributed by atoms with Crippen LogP contribution in [0.3, 0.4) is 0 Å². The Kier molecular flexibility index (Phi) is 17.1. The number of rotatable bonds is 22. The van der Waals surface area contributed by atoms with E-state index in [1.54, 1.807) is 12.1 Å². The van der Waals surface area contributed by atoms with Crippen LogP contribution in [0.4, 0.5) is 0 Å². The summed E-state index contributed by atoms with van der Waals surface area (Å²) in [5.41, 5.74) is 4.34. The first-order valence-electron chi connectivity index (χ1n) is 15.9. The molecule has 6 nitrogen and oxygen atoms in total. The number of thiol groups is 1. The molecular formula is C34H50B2N2O4S. The van der Waals surface area contributed by atoms with E-state index in [1.165, 1.54) is 31.2 Å². The fourth-order valence-corrected chi connectivity index (χ4v) is 5.89. The molecule has 4 N–H and O–H groups in total.